The number of halogens is 1. The van der Waals surface area contributed by atoms with E-state index in [1.807, 2.05) is 30.4 Å². The van der Waals surface area contributed by atoms with Gasteiger partial charge >= 0.3 is 5.69 Å². The summed E-state index contributed by atoms with van der Waals surface area (Å²) in [5.74, 6) is 0.467. The number of fused-ring (bicyclic) bond motifs is 3. The van der Waals surface area contributed by atoms with Gasteiger partial charge in [0.2, 0.25) is 5.78 Å². The van der Waals surface area contributed by atoms with Crippen LogP contribution in [0.1, 0.15) is 11.4 Å². The van der Waals surface area contributed by atoms with Gasteiger partial charge in [-0.15, -0.1) is 0 Å². The molecule has 5 rings (SSSR count). The van der Waals surface area contributed by atoms with E-state index in [0.29, 0.717) is 16.9 Å². The maximum Gasteiger partial charge on any atom is 0.332 e. The number of imidazole rings is 2. The van der Waals surface area contributed by atoms with Crippen molar-refractivity contribution in [1.82, 2.24) is 28.0 Å². The SMILES string of the molecule is Cc1c(C)n2c3c(=O)n(C)c(=O)n(C)c3nc2n1CCN1CCN(c2ccc(F)cc2)CC1. The number of rotatable bonds is 4. The second-order valence-electron chi connectivity index (χ2n) is 8.75. The fraction of sp³-hybridized carbons (Fsp3) is 0.435. The summed E-state index contributed by atoms with van der Waals surface area (Å²) in [6, 6.07) is 6.66. The first kappa shape index (κ1) is 21.4. The van der Waals surface area contributed by atoms with Gasteiger partial charge in [0.05, 0.1) is 0 Å². The van der Waals surface area contributed by atoms with Crippen LogP contribution in [0.5, 0.6) is 0 Å². The molecule has 0 unspecified atom stereocenters. The van der Waals surface area contributed by atoms with Crippen molar-refractivity contribution in [2.75, 3.05) is 37.6 Å². The minimum atomic E-state index is -0.381. The van der Waals surface area contributed by atoms with Crippen LogP contribution in [0.15, 0.2) is 33.9 Å². The van der Waals surface area contributed by atoms with E-state index < -0.39 is 0 Å². The summed E-state index contributed by atoms with van der Waals surface area (Å²) < 4.78 is 19.8. The molecule has 0 N–H and O–H groups in total. The molecule has 10 heteroatoms. The van der Waals surface area contributed by atoms with Crippen LogP contribution in [0.2, 0.25) is 0 Å². The molecule has 0 radical (unpaired) electrons. The Kier molecular flexibility index (Phi) is 5.12. The third-order valence-electron chi connectivity index (χ3n) is 6.95. The number of anilines is 1. The van der Waals surface area contributed by atoms with Gasteiger partial charge < -0.3 is 9.47 Å². The van der Waals surface area contributed by atoms with Gasteiger partial charge in [-0.05, 0) is 38.1 Å². The van der Waals surface area contributed by atoms with E-state index in [1.54, 1.807) is 7.05 Å². The van der Waals surface area contributed by atoms with Gasteiger partial charge in [-0.25, -0.2) is 9.18 Å². The maximum absolute atomic E-state index is 13.2. The normalized spacial score (nSPS) is 15.2. The van der Waals surface area contributed by atoms with Crippen molar-refractivity contribution in [3.63, 3.8) is 0 Å². The number of aromatic nitrogens is 5. The van der Waals surface area contributed by atoms with E-state index >= 15 is 0 Å². The van der Waals surface area contributed by atoms with Crippen molar-refractivity contribution >= 4 is 22.6 Å². The zero-order valence-corrected chi connectivity index (χ0v) is 19.4. The lowest BCUT2D eigenvalue weighted by molar-refractivity contribution is 0.248. The number of hydrogen-bond acceptors (Lipinski definition) is 5. The molecule has 1 aliphatic heterocycles. The Labute approximate surface area is 189 Å². The molecule has 0 bridgehead atoms. The Morgan fingerprint density at radius 2 is 1.58 bits per heavy atom. The zero-order chi connectivity index (χ0) is 23.4. The molecule has 1 fully saturated rings. The van der Waals surface area contributed by atoms with E-state index in [1.165, 1.54) is 23.7 Å². The molecule has 0 amide bonds. The maximum atomic E-state index is 13.2. The minimum Gasteiger partial charge on any atom is -0.369 e. The molecule has 33 heavy (non-hydrogen) atoms. The smallest absolute Gasteiger partial charge is 0.332 e. The summed E-state index contributed by atoms with van der Waals surface area (Å²) in [5, 5.41) is 0. The number of benzene rings is 1. The molecule has 174 valence electrons. The molecule has 1 aromatic carbocycles. The van der Waals surface area contributed by atoms with Crippen LogP contribution < -0.4 is 16.1 Å². The number of hydrogen-bond donors (Lipinski definition) is 0. The van der Waals surface area contributed by atoms with E-state index in [9.17, 15) is 14.0 Å². The molecule has 0 saturated carbocycles. The monoisotopic (exact) mass is 453 g/mol. The van der Waals surface area contributed by atoms with E-state index in [4.69, 9.17) is 4.98 Å². The van der Waals surface area contributed by atoms with Crippen LogP contribution in [-0.4, -0.2) is 60.7 Å². The second-order valence-corrected chi connectivity index (χ2v) is 8.75. The second kappa shape index (κ2) is 7.87. The Morgan fingerprint density at radius 3 is 2.24 bits per heavy atom. The molecule has 4 heterocycles. The largest absolute Gasteiger partial charge is 0.369 e. The highest BCUT2D eigenvalue weighted by molar-refractivity contribution is 5.76. The van der Waals surface area contributed by atoms with Gasteiger partial charge in [-0.1, -0.05) is 0 Å². The number of aryl methyl sites for hydroxylation is 2. The van der Waals surface area contributed by atoms with Gasteiger partial charge in [-0.2, -0.15) is 4.98 Å². The van der Waals surface area contributed by atoms with Crippen molar-refractivity contribution in [3.8, 4) is 0 Å². The van der Waals surface area contributed by atoms with Crippen LogP contribution in [-0.2, 0) is 20.6 Å². The number of nitrogens with zero attached hydrogens (tertiary/aromatic N) is 7. The van der Waals surface area contributed by atoms with Crippen molar-refractivity contribution in [2.24, 2.45) is 14.1 Å². The van der Waals surface area contributed by atoms with Gasteiger partial charge in [0.1, 0.15) is 5.82 Å². The van der Waals surface area contributed by atoms with Crippen molar-refractivity contribution in [1.29, 1.82) is 0 Å². The fourth-order valence-electron chi connectivity index (χ4n) is 4.78. The van der Waals surface area contributed by atoms with Crippen molar-refractivity contribution in [3.05, 3.63) is 62.3 Å². The summed E-state index contributed by atoms with van der Waals surface area (Å²) in [6.07, 6.45) is 0. The molecule has 3 aromatic heterocycles. The third-order valence-corrected chi connectivity index (χ3v) is 6.95. The first-order valence-corrected chi connectivity index (χ1v) is 11.1. The van der Waals surface area contributed by atoms with Gasteiger partial charge in [0.15, 0.2) is 11.2 Å². The summed E-state index contributed by atoms with van der Waals surface area (Å²) >= 11 is 0. The summed E-state index contributed by atoms with van der Waals surface area (Å²) in [6.45, 7) is 9.20. The molecular formula is C23H28FN7O2. The van der Waals surface area contributed by atoms with Crippen LogP contribution in [0.4, 0.5) is 10.1 Å². The molecule has 0 aliphatic carbocycles. The molecule has 0 atom stereocenters. The fourth-order valence-corrected chi connectivity index (χ4v) is 4.78. The molecule has 0 spiro atoms. The third kappa shape index (κ3) is 3.36. The van der Waals surface area contributed by atoms with Crippen LogP contribution >= 0.6 is 0 Å². The quantitative estimate of drug-likeness (QED) is 0.465. The Bertz CT molecular complexity index is 1470. The molecule has 9 nitrogen and oxygen atoms in total. The predicted octanol–water partition coefficient (Wildman–Crippen LogP) is 1.26. The highest BCUT2D eigenvalue weighted by atomic mass is 19.1. The van der Waals surface area contributed by atoms with Crippen molar-refractivity contribution < 1.29 is 4.39 Å². The average molecular weight is 454 g/mol. The standard InChI is InChI=1S/C23H28FN7O2/c1-15-16(2)31-19-20(26(3)23(33)27(4)21(19)32)25-22(31)30(15)14-11-28-9-12-29(13-10-28)18-7-5-17(24)6-8-18/h5-8H,9-14H2,1-4H3. The van der Waals surface area contributed by atoms with E-state index in [0.717, 1.165) is 60.9 Å². The Hall–Kier alpha value is -3.40. The average Bonchev–Trinajstić information content (AvgIpc) is 3.31. The van der Waals surface area contributed by atoms with Gasteiger partial charge in [-0.3, -0.25) is 23.2 Å². The molecule has 1 aliphatic rings. The zero-order valence-electron chi connectivity index (χ0n) is 19.4. The topological polar surface area (TPSA) is 72.7 Å². The minimum absolute atomic E-state index is 0.217. The highest BCUT2D eigenvalue weighted by Crippen LogP contribution is 2.21. The van der Waals surface area contributed by atoms with E-state index in [2.05, 4.69) is 14.4 Å². The summed E-state index contributed by atoms with van der Waals surface area (Å²) in [4.78, 5) is 34.6. The molecular weight excluding hydrogens is 425 g/mol. The van der Waals surface area contributed by atoms with Crippen LogP contribution in [0.3, 0.4) is 0 Å². The predicted molar refractivity (Wildman–Crippen MR) is 126 cm³/mol. The van der Waals surface area contributed by atoms with E-state index in [-0.39, 0.29) is 17.1 Å². The molecule has 1 saturated heterocycles. The highest BCUT2D eigenvalue weighted by Gasteiger charge is 2.23. The molecule has 4 aromatic rings. The Morgan fingerprint density at radius 1 is 0.909 bits per heavy atom. The van der Waals surface area contributed by atoms with Gasteiger partial charge in [0, 0.05) is 70.4 Å². The van der Waals surface area contributed by atoms with Crippen LogP contribution in [0, 0.1) is 19.7 Å². The van der Waals surface area contributed by atoms with Crippen molar-refractivity contribution in [2.45, 2.75) is 20.4 Å². The first-order valence-electron chi connectivity index (χ1n) is 11.1. The summed E-state index contributed by atoms with van der Waals surface area (Å²) in [5.41, 5.74) is 3.17. The lowest BCUT2D eigenvalue weighted by Crippen LogP contribution is -2.47. The Balaban J connectivity index is 1.39. The lowest BCUT2D eigenvalue weighted by atomic mass is 10.2. The summed E-state index contributed by atoms with van der Waals surface area (Å²) in [7, 11) is 3.14. The lowest BCUT2D eigenvalue weighted by Gasteiger charge is -2.36. The van der Waals surface area contributed by atoms with Crippen LogP contribution in [0.25, 0.3) is 16.9 Å². The number of piperazine rings is 1. The van der Waals surface area contributed by atoms with Gasteiger partial charge in [0.25, 0.3) is 5.56 Å². The first-order chi connectivity index (χ1) is 15.8.